The normalized spacial score (nSPS) is 20.4. The number of pyridine rings is 1. The maximum Gasteiger partial charge on any atom is 0.162 e. The van der Waals surface area contributed by atoms with Crippen molar-refractivity contribution < 1.29 is 4.79 Å². The Morgan fingerprint density at radius 1 is 1.19 bits per heavy atom. The van der Waals surface area contributed by atoms with Gasteiger partial charge < -0.3 is 4.57 Å². The molecule has 0 radical (unpaired) electrons. The van der Waals surface area contributed by atoms with Gasteiger partial charge in [0.15, 0.2) is 5.78 Å². The van der Waals surface area contributed by atoms with Crippen molar-refractivity contribution in [3.63, 3.8) is 0 Å². The lowest BCUT2D eigenvalue weighted by molar-refractivity contribution is -0.118. The number of rotatable bonds is 3. The Hall–Kier alpha value is -2.95. The molecule has 2 aliphatic rings. The van der Waals surface area contributed by atoms with Gasteiger partial charge in [0.1, 0.15) is 11.6 Å². The Kier molecular flexibility index (Phi) is 5.15. The van der Waals surface area contributed by atoms with Gasteiger partial charge in [-0.25, -0.2) is 4.98 Å². The van der Waals surface area contributed by atoms with Crippen LogP contribution in [0.25, 0.3) is 5.82 Å². The Balaban J connectivity index is 1.85. The van der Waals surface area contributed by atoms with Crippen molar-refractivity contribution in [3.8, 4) is 6.07 Å². The summed E-state index contributed by atoms with van der Waals surface area (Å²) < 4.78 is 2.83. The van der Waals surface area contributed by atoms with Crippen LogP contribution in [-0.2, 0) is 4.79 Å². The molecule has 0 fully saturated rings. The zero-order valence-electron chi connectivity index (χ0n) is 17.7. The lowest BCUT2D eigenvalue weighted by atomic mass is 9.69. The van der Waals surface area contributed by atoms with Gasteiger partial charge in [0, 0.05) is 45.6 Å². The highest BCUT2D eigenvalue weighted by Crippen LogP contribution is 2.52. The van der Waals surface area contributed by atoms with Gasteiger partial charge in [0.05, 0.1) is 17.6 Å². The minimum Gasteiger partial charge on any atom is -0.309 e. The predicted octanol–water partition coefficient (Wildman–Crippen LogP) is 6.35. The van der Waals surface area contributed by atoms with E-state index in [9.17, 15) is 10.1 Å². The molecule has 0 spiro atoms. The van der Waals surface area contributed by atoms with Crippen LogP contribution in [0.15, 0.2) is 81.7 Å². The first-order valence-corrected chi connectivity index (χ1v) is 12.1. The third-order valence-corrected chi connectivity index (χ3v) is 7.34. The monoisotopic (exact) mass is 504 g/mol. The van der Waals surface area contributed by atoms with Crippen molar-refractivity contribution in [1.82, 2.24) is 9.55 Å². The van der Waals surface area contributed by atoms with Gasteiger partial charge >= 0.3 is 0 Å². The maximum absolute atomic E-state index is 13.6. The molecule has 7 heteroatoms. The fourth-order valence-corrected chi connectivity index (χ4v) is 5.76. The molecule has 32 heavy (non-hydrogen) atoms. The number of hydrogen-bond acceptors (Lipinski definition) is 5. The molecule has 0 saturated carbocycles. The van der Waals surface area contributed by atoms with Crippen molar-refractivity contribution in [2.45, 2.75) is 32.6 Å². The van der Waals surface area contributed by atoms with Crippen LogP contribution in [0.2, 0.25) is 0 Å². The van der Waals surface area contributed by atoms with Gasteiger partial charge in [-0.2, -0.15) is 5.26 Å². The van der Waals surface area contributed by atoms with Gasteiger partial charge in [0.2, 0.25) is 0 Å². The van der Waals surface area contributed by atoms with Crippen molar-refractivity contribution in [1.29, 1.82) is 5.26 Å². The Morgan fingerprint density at radius 2 is 1.97 bits per heavy atom. The van der Waals surface area contributed by atoms with Crippen LogP contribution < -0.4 is 4.90 Å². The van der Waals surface area contributed by atoms with E-state index in [2.05, 4.69) is 40.8 Å². The summed E-state index contributed by atoms with van der Waals surface area (Å²) in [7, 11) is 0. The van der Waals surface area contributed by atoms with E-state index in [4.69, 9.17) is 0 Å². The van der Waals surface area contributed by atoms with Crippen LogP contribution in [0.5, 0.6) is 0 Å². The van der Waals surface area contributed by atoms with Crippen LogP contribution >= 0.6 is 27.3 Å². The lowest BCUT2D eigenvalue weighted by Gasteiger charge is -2.44. The fraction of sp³-hybridized carbons (Fsp3) is 0.240. The number of ketones is 1. The molecule has 4 heterocycles. The highest BCUT2D eigenvalue weighted by atomic mass is 79.9. The van der Waals surface area contributed by atoms with E-state index in [1.165, 1.54) is 0 Å². The number of thiophene rings is 1. The molecule has 1 atom stereocenters. The van der Waals surface area contributed by atoms with E-state index < -0.39 is 0 Å². The zero-order valence-corrected chi connectivity index (χ0v) is 20.2. The van der Waals surface area contributed by atoms with E-state index in [0.717, 1.165) is 32.9 Å². The minimum absolute atomic E-state index is 0.107. The minimum atomic E-state index is -0.373. The average molecular weight is 505 g/mol. The van der Waals surface area contributed by atoms with Gasteiger partial charge in [-0.1, -0.05) is 19.9 Å². The van der Waals surface area contributed by atoms with Crippen molar-refractivity contribution in [3.05, 3.63) is 86.6 Å². The maximum atomic E-state index is 13.6. The molecule has 0 bridgehead atoms. The number of aromatic nitrogens is 2. The van der Waals surface area contributed by atoms with E-state index in [-0.39, 0.29) is 17.1 Å². The van der Waals surface area contributed by atoms with Crippen molar-refractivity contribution in [2.24, 2.45) is 5.41 Å². The van der Waals surface area contributed by atoms with E-state index in [0.29, 0.717) is 17.8 Å². The van der Waals surface area contributed by atoms with Gasteiger partial charge in [0.25, 0.3) is 0 Å². The summed E-state index contributed by atoms with van der Waals surface area (Å²) in [6.45, 7) is 4.25. The van der Waals surface area contributed by atoms with Gasteiger partial charge in [-0.3, -0.25) is 9.69 Å². The number of halogens is 1. The number of nitriles is 1. The molecule has 1 aliphatic carbocycles. The van der Waals surface area contributed by atoms with E-state index in [1.54, 1.807) is 17.5 Å². The number of anilines is 1. The third-order valence-electron chi connectivity index (χ3n) is 5.93. The van der Waals surface area contributed by atoms with Crippen LogP contribution in [0.3, 0.4) is 0 Å². The Bertz CT molecular complexity index is 1280. The summed E-state index contributed by atoms with van der Waals surface area (Å²) in [6, 6.07) is 14.2. The molecule has 0 amide bonds. The first-order valence-electron chi connectivity index (χ1n) is 10.4. The third kappa shape index (κ3) is 3.44. The van der Waals surface area contributed by atoms with E-state index in [1.807, 2.05) is 63.6 Å². The molecular formula is C25H21BrN4OS. The van der Waals surface area contributed by atoms with Crippen molar-refractivity contribution in [2.75, 3.05) is 4.90 Å². The SMILES string of the molecule is CC1(C)CC(=O)C2=C(C1)N(c1ccc(Br)cn1)C(n1cccc1)=C(C#N)[C@@H]2c1cccs1. The number of Topliss-reactive ketones (excluding diaryl/α,β-unsaturated/α-hetero) is 1. The summed E-state index contributed by atoms with van der Waals surface area (Å²) in [5.74, 6) is 1.15. The number of hydrogen-bond donors (Lipinski definition) is 0. The topological polar surface area (TPSA) is 61.9 Å². The van der Waals surface area contributed by atoms with Crippen LogP contribution in [-0.4, -0.2) is 15.3 Å². The standard InChI is InChI=1S/C25H21BrN4OS/c1-25(2)12-18-23(19(31)13-25)22(20-6-5-11-32-20)17(14-27)24(29-9-3-4-10-29)30(18)21-8-7-16(26)15-28-21/h3-11,15,22H,12-13H2,1-2H3/t22-/m1/s1. The quantitative estimate of drug-likeness (QED) is 0.417. The smallest absolute Gasteiger partial charge is 0.162 e. The summed E-state index contributed by atoms with van der Waals surface area (Å²) in [6.07, 6.45) is 6.80. The van der Waals surface area contributed by atoms with Crippen LogP contribution in [0.4, 0.5) is 5.82 Å². The Morgan fingerprint density at radius 3 is 2.59 bits per heavy atom. The second-order valence-electron chi connectivity index (χ2n) is 8.86. The number of carbonyl (C=O) groups excluding carboxylic acids is 1. The predicted molar refractivity (Wildman–Crippen MR) is 130 cm³/mol. The second-order valence-corrected chi connectivity index (χ2v) is 10.8. The molecule has 0 unspecified atom stereocenters. The van der Waals surface area contributed by atoms with Gasteiger partial charge in [-0.05, 0) is 63.5 Å². The summed E-state index contributed by atoms with van der Waals surface area (Å²) >= 11 is 5.05. The molecule has 160 valence electrons. The highest BCUT2D eigenvalue weighted by Gasteiger charge is 2.46. The average Bonchev–Trinajstić information content (AvgIpc) is 3.46. The summed E-state index contributed by atoms with van der Waals surface area (Å²) in [5.41, 5.74) is 2.03. The number of allylic oxidation sites excluding steroid dienone is 3. The van der Waals surface area contributed by atoms with Crippen LogP contribution in [0, 0.1) is 16.7 Å². The first-order chi connectivity index (χ1) is 15.4. The molecule has 5 nitrogen and oxygen atoms in total. The zero-order chi connectivity index (χ0) is 22.5. The molecule has 3 aromatic heterocycles. The summed E-state index contributed by atoms with van der Waals surface area (Å²) in [5, 5.41) is 12.4. The largest absolute Gasteiger partial charge is 0.309 e. The lowest BCUT2D eigenvalue weighted by Crippen LogP contribution is -2.40. The number of carbonyl (C=O) groups is 1. The Labute approximate surface area is 199 Å². The molecule has 0 saturated heterocycles. The molecule has 0 aromatic carbocycles. The van der Waals surface area contributed by atoms with E-state index >= 15 is 0 Å². The molecular weight excluding hydrogens is 484 g/mol. The molecule has 5 rings (SSSR count). The fourth-order valence-electron chi connectivity index (χ4n) is 4.68. The first kappa shape index (κ1) is 20.9. The second kappa shape index (κ2) is 7.88. The molecule has 3 aromatic rings. The van der Waals surface area contributed by atoms with Crippen LogP contribution in [0.1, 0.15) is 37.5 Å². The summed E-state index contributed by atoms with van der Waals surface area (Å²) in [4.78, 5) is 21.3. The number of nitrogens with zero attached hydrogens (tertiary/aromatic N) is 4. The van der Waals surface area contributed by atoms with Crippen molar-refractivity contribution >= 4 is 44.7 Å². The highest BCUT2D eigenvalue weighted by molar-refractivity contribution is 9.10. The molecule has 1 aliphatic heterocycles. The molecule has 0 N–H and O–H groups in total. The van der Waals surface area contributed by atoms with Gasteiger partial charge in [-0.15, -0.1) is 11.3 Å².